The molecule has 1 aliphatic rings. The first-order chi connectivity index (χ1) is 3.80. The summed E-state index contributed by atoms with van der Waals surface area (Å²) < 4.78 is 0. The highest BCUT2D eigenvalue weighted by molar-refractivity contribution is 5.85. The predicted molar refractivity (Wildman–Crippen MR) is 43.1 cm³/mol. The topological polar surface area (TPSA) is 12.0 Å². The zero-order valence-corrected chi connectivity index (χ0v) is 7.00. The van der Waals surface area contributed by atoms with Crippen LogP contribution in [0.2, 0.25) is 0 Å². The molecule has 1 N–H and O–H groups in total. The fourth-order valence-electron chi connectivity index (χ4n) is 1.20. The Morgan fingerprint density at radius 3 is 2.33 bits per heavy atom. The second-order valence-electron chi connectivity index (χ2n) is 2.86. The molecule has 0 aromatic rings. The lowest BCUT2D eigenvalue weighted by Crippen LogP contribution is -2.37. The summed E-state index contributed by atoms with van der Waals surface area (Å²) >= 11 is 0. The largest absolute Gasteiger partial charge is 0.314 e. The summed E-state index contributed by atoms with van der Waals surface area (Å²) in [7, 11) is 0. The second kappa shape index (κ2) is 4.13. The van der Waals surface area contributed by atoms with Gasteiger partial charge in [0.15, 0.2) is 0 Å². The number of piperidine rings is 1. The summed E-state index contributed by atoms with van der Waals surface area (Å²) in [6.07, 6.45) is 2.78. The van der Waals surface area contributed by atoms with Gasteiger partial charge < -0.3 is 5.32 Å². The van der Waals surface area contributed by atoms with Gasteiger partial charge in [0.1, 0.15) is 0 Å². The van der Waals surface area contributed by atoms with E-state index in [9.17, 15) is 0 Å². The van der Waals surface area contributed by atoms with Crippen molar-refractivity contribution in [3.05, 3.63) is 0 Å². The molecule has 1 fully saturated rings. The van der Waals surface area contributed by atoms with Gasteiger partial charge in [-0.05, 0) is 32.2 Å². The van der Waals surface area contributed by atoms with E-state index in [0.717, 1.165) is 12.0 Å². The van der Waals surface area contributed by atoms with Gasteiger partial charge in [-0.15, -0.1) is 12.4 Å². The molecule has 0 radical (unpaired) electrons. The van der Waals surface area contributed by atoms with Crippen LogP contribution in [0.25, 0.3) is 0 Å². The Balaban J connectivity index is 0.000000640. The Morgan fingerprint density at radius 2 is 2.00 bits per heavy atom. The highest BCUT2D eigenvalue weighted by Gasteiger charge is 2.14. The highest BCUT2D eigenvalue weighted by atomic mass is 35.5. The average Bonchev–Trinajstić information content (AvgIpc) is 1.77. The molecule has 0 saturated carbocycles. The minimum atomic E-state index is 0. The van der Waals surface area contributed by atoms with Crippen molar-refractivity contribution >= 4 is 12.4 Å². The van der Waals surface area contributed by atoms with Gasteiger partial charge in [-0.25, -0.2) is 0 Å². The first-order valence-corrected chi connectivity index (χ1v) is 3.54. The van der Waals surface area contributed by atoms with E-state index < -0.39 is 0 Å². The molecule has 0 unspecified atom stereocenters. The van der Waals surface area contributed by atoms with Gasteiger partial charge in [0.05, 0.1) is 0 Å². The highest BCUT2D eigenvalue weighted by Crippen LogP contribution is 2.13. The number of halogens is 1. The van der Waals surface area contributed by atoms with Crippen molar-refractivity contribution in [2.45, 2.75) is 32.7 Å². The van der Waals surface area contributed by atoms with E-state index >= 15 is 0 Å². The summed E-state index contributed by atoms with van der Waals surface area (Å²) in [5.41, 5.74) is 0. The minimum Gasteiger partial charge on any atom is -0.314 e. The van der Waals surface area contributed by atoms with Crippen LogP contribution in [0.1, 0.15) is 26.7 Å². The fraction of sp³-hybridized carbons (Fsp3) is 1.00. The standard InChI is InChI=1S/C7H15N.ClH/c1-6-4-3-5-8-7(6)2;/h6-8H,3-5H2,1-2H3;1H/t6-,7-;/m0./s1. The van der Waals surface area contributed by atoms with Crippen LogP contribution in [0.15, 0.2) is 0 Å². The molecule has 0 aromatic heterocycles. The molecule has 0 aromatic carbocycles. The van der Waals surface area contributed by atoms with E-state index in [1.54, 1.807) is 0 Å². The summed E-state index contributed by atoms with van der Waals surface area (Å²) in [5, 5.41) is 3.43. The zero-order valence-electron chi connectivity index (χ0n) is 6.18. The molecule has 2 atom stereocenters. The lowest BCUT2D eigenvalue weighted by molar-refractivity contribution is 0.319. The molecule has 9 heavy (non-hydrogen) atoms. The van der Waals surface area contributed by atoms with Crippen molar-refractivity contribution in [1.29, 1.82) is 0 Å². The van der Waals surface area contributed by atoms with Crippen molar-refractivity contribution in [3.8, 4) is 0 Å². The van der Waals surface area contributed by atoms with Gasteiger partial charge in [0.25, 0.3) is 0 Å². The molecule has 1 nitrogen and oxygen atoms in total. The Hall–Kier alpha value is 0.250. The van der Waals surface area contributed by atoms with Crippen molar-refractivity contribution in [3.63, 3.8) is 0 Å². The molecule has 1 aliphatic heterocycles. The molecule has 0 bridgehead atoms. The van der Waals surface area contributed by atoms with Crippen LogP contribution in [-0.2, 0) is 0 Å². The van der Waals surface area contributed by atoms with E-state index in [-0.39, 0.29) is 12.4 Å². The summed E-state index contributed by atoms with van der Waals surface area (Å²) in [4.78, 5) is 0. The monoisotopic (exact) mass is 149 g/mol. The average molecular weight is 150 g/mol. The van der Waals surface area contributed by atoms with Crippen LogP contribution in [-0.4, -0.2) is 12.6 Å². The molecule has 56 valence electrons. The third-order valence-corrected chi connectivity index (χ3v) is 2.16. The van der Waals surface area contributed by atoms with Crippen molar-refractivity contribution in [1.82, 2.24) is 5.32 Å². The SMILES string of the molecule is C[C@@H]1NCCC[C@@H]1C.Cl. The van der Waals surface area contributed by atoms with Gasteiger partial charge in [-0.3, -0.25) is 0 Å². The summed E-state index contributed by atoms with van der Waals surface area (Å²) in [5.74, 6) is 0.892. The molecule has 0 aliphatic carbocycles. The van der Waals surface area contributed by atoms with Crippen LogP contribution in [0.4, 0.5) is 0 Å². The first-order valence-electron chi connectivity index (χ1n) is 3.54. The van der Waals surface area contributed by atoms with Crippen molar-refractivity contribution in [2.24, 2.45) is 5.92 Å². The normalized spacial score (nSPS) is 35.3. The third-order valence-electron chi connectivity index (χ3n) is 2.16. The van der Waals surface area contributed by atoms with Crippen LogP contribution in [0.3, 0.4) is 0 Å². The van der Waals surface area contributed by atoms with Crippen molar-refractivity contribution in [2.75, 3.05) is 6.54 Å². The van der Waals surface area contributed by atoms with E-state index in [1.165, 1.54) is 19.4 Å². The maximum Gasteiger partial charge on any atom is 0.00643 e. The first kappa shape index (κ1) is 9.25. The van der Waals surface area contributed by atoms with E-state index in [0.29, 0.717) is 0 Å². The Labute approximate surface area is 63.6 Å². The zero-order chi connectivity index (χ0) is 5.98. The predicted octanol–water partition coefficient (Wildman–Crippen LogP) is 1.82. The quantitative estimate of drug-likeness (QED) is 0.554. The molecule has 2 heteroatoms. The van der Waals surface area contributed by atoms with Crippen LogP contribution in [0, 0.1) is 5.92 Å². The number of hydrogen-bond acceptors (Lipinski definition) is 1. The van der Waals surface area contributed by atoms with Gasteiger partial charge >= 0.3 is 0 Å². The molecule has 1 saturated heterocycles. The molecule has 1 heterocycles. The van der Waals surface area contributed by atoms with Gasteiger partial charge in [-0.1, -0.05) is 6.92 Å². The molecule has 1 rings (SSSR count). The van der Waals surface area contributed by atoms with E-state index in [1.807, 2.05) is 0 Å². The Kier molecular flexibility index (Phi) is 4.24. The van der Waals surface area contributed by atoms with Crippen LogP contribution >= 0.6 is 12.4 Å². The molecule has 0 spiro atoms. The van der Waals surface area contributed by atoms with Gasteiger partial charge in [0.2, 0.25) is 0 Å². The number of rotatable bonds is 0. The Morgan fingerprint density at radius 1 is 1.33 bits per heavy atom. The maximum absolute atomic E-state index is 3.43. The lowest BCUT2D eigenvalue weighted by Gasteiger charge is -2.26. The van der Waals surface area contributed by atoms with Crippen molar-refractivity contribution < 1.29 is 0 Å². The van der Waals surface area contributed by atoms with E-state index in [4.69, 9.17) is 0 Å². The van der Waals surface area contributed by atoms with E-state index in [2.05, 4.69) is 19.2 Å². The maximum atomic E-state index is 3.43. The van der Waals surface area contributed by atoms with Gasteiger partial charge in [0, 0.05) is 6.04 Å². The minimum absolute atomic E-state index is 0. The Bertz CT molecular complexity index is 65.3. The molecular weight excluding hydrogens is 134 g/mol. The van der Waals surface area contributed by atoms with Crippen LogP contribution < -0.4 is 5.32 Å². The fourth-order valence-corrected chi connectivity index (χ4v) is 1.20. The molecule has 0 amide bonds. The van der Waals surface area contributed by atoms with Crippen LogP contribution in [0.5, 0.6) is 0 Å². The summed E-state index contributed by atoms with van der Waals surface area (Å²) in [6, 6.07) is 0.753. The number of nitrogens with one attached hydrogen (secondary N) is 1. The summed E-state index contributed by atoms with van der Waals surface area (Å²) in [6.45, 7) is 5.81. The lowest BCUT2D eigenvalue weighted by atomic mass is 9.94. The second-order valence-corrected chi connectivity index (χ2v) is 2.86. The smallest absolute Gasteiger partial charge is 0.00643 e. The third kappa shape index (κ3) is 2.55. The molecular formula is C7H16ClN. The van der Waals surface area contributed by atoms with Gasteiger partial charge in [-0.2, -0.15) is 0 Å². The number of hydrogen-bond donors (Lipinski definition) is 1.